The summed E-state index contributed by atoms with van der Waals surface area (Å²) in [6.45, 7) is 6.17. The number of rotatable bonds is 14. The lowest BCUT2D eigenvalue weighted by Crippen LogP contribution is -2.53. The van der Waals surface area contributed by atoms with E-state index in [9.17, 15) is 18.0 Å². The van der Waals surface area contributed by atoms with E-state index in [-0.39, 0.29) is 30.5 Å². The molecule has 0 bridgehead atoms. The summed E-state index contributed by atoms with van der Waals surface area (Å²) in [4.78, 5) is 29.4. The van der Waals surface area contributed by atoms with Gasteiger partial charge in [0.2, 0.25) is 21.8 Å². The highest BCUT2D eigenvalue weighted by Crippen LogP contribution is 2.30. The molecule has 0 saturated carbocycles. The predicted molar refractivity (Wildman–Crippen MR) is 166 cm³/mol. The lowest BCUT2D eigenvalue weighted by molar-refractivity contribution is -0.140. The molecule has 2 amide bonds. The molecule has 8 nitrogen and oxygen atoms in total. The Morgan fingerprint density at radius 3 is 2.24 bits per heavy atom. The number of hydrogen-bond acceptors (Lipinski definition) is 5. The number of amides is 2. The van der Waals surface area contributed by atoms with Crippen molar-refractivity contribution in [3.05, 3.63) is 94.5 Å². The summed E-state index contributed by atoms with van der Waals surface area (Å²) < 4.78 is 33.6. The second kappa shape index (κ2) is 15.0. The Bertz CT molecular complexity index is 1420. The zero-order valence-electron chi connectivity index (χ0n) is 23.9. The van der Waals surface area contributed by atoms with Gasteiger partial charge in [-0.3, -0.25) is 13.9 Å². The maximum Gasteiger partial charge on any atom is 0.244 e. The minimum Gasteiger partial charge on any atom is -0.492 e. The van der Waals surface area contributed by atoms with Gasteiger partial charge < -0.3 is 15.0 Å². The monoisotopic (exact) mass is 643 g/mol. The van der Waals surface area contributed by atoms with Crippen LogP contribution < -0.4 is 14.4 Å². The van der Waals surface area contributed by atoms with Gasteiger partial charge in [-0.25, -0.2) is 8.42 Å². The molecule has 0 heterocycles. The molecule has 1 atom stereocenters. The number of hydrogen-bond donors (Lipinski definition) is 1. The van der Waals surface area contributed by atoms with Crippen LogP contribution in [0.3, 0.4) is 0 Å². The van der Waals surface area contributed by atoms with E-state index in [1.165, 1.54) is 4.90 Å². The van der Waals surface area contributed by atoms with E-state index in [1.54, 1.807) is 31.2 Å². The first kappa shape index (κ1) is 32.1. The number of benzene rings is 3. The largest absolute Gasteiger partial charge is 0.492 e. The summed E-state index contributed by atoms with van der Waals surface area (Å²) in [6.07, 6.45) is 1.32. The van der Waals surface area contributed by atoms with Crippen molar-refractivity contribution in [3.8, 4) is 5.75 Å². The third-order valence-electron chi connectivity index (χ3n) is 6.31. The minimum absolute atomic E-state index is 0.107. The van der Waals surface area contributed by atoms with Crippen LogP contribution in [0.15, 0.2) is 83.3 Å². The SMILES string of the molecule is CCOc1ccccc1N(CC(=O)N(Cc1cccc(Br)c1)[C@H](Cc1ccccc1)C(=O)NCC(C)C)S(C)(=O)=O. The van der Waals surface area contributed by atoms with Gasteiger partial charge in [-0.15, -0.1) is 0 Å². The fourth-order valence-electron chi connectivity index (χ4n) is 4.34. The van der Waals surface area contributed by atoms with E-state index in [1.807, 2.05) is 68.4 Å². The molecule has 3 aromatic rings. The Balaban J connectivity index is 2.07. The maximum atomic E-state index is 14.2. The van der Waals surface area contributed by atoms with Crippen LogP contribution in [0.4, 0.5) is 5.69 Å². The fraction of sp³-hybridized carbons (Fsp3) is 0.355. The van der Waals surface area contributed by atoms with Crippen LogP contribution in [-0.4, -0.2) is 57.1 Å². The molecule has 3 aromatic carbocycles. The van der Waals surface area contributed by atoms with E-state index >= 15 is 0 Å². The first-order valence-corrected chi connectivity index (χ1v) is 16.2. The average Bonchev–Trinajstić information content (AvgIpc) is 2.93. The molecule has 0 aliphatic carbocycles. The molecule has 0 aromatic heterocycles. The Morgan fingerprint density at radius 1 is 0.951 bits per heavy atom. The van der Waals surface area contributed by atoms with Gasteiger partial charge in [0.1, 0.15) is 18.3 Å². The second-order valence-electron chi connectivity index (χ2n) is 10.2. The Labute approximate surface area is 251 Å². The van der Waals surface area contributed by atoms with Crippen molar-refractivity contribution in [2.75, 3.05) is 30.3 Å². The number of ether oxygens (including phenoxy) is 1. The van der Waals surface area contributed by atoms with Crippen molar-refractivity contribution in [2.24, 2.45) is 5.92 Å². The third-order valence-corrected chi connectivity index (χ3v) is 7.93. The quantitative estimate of drug-likeness (QED) is 0.266. The number of carbonyl (C=O) groups is 2. The van der Waals surface area contributed by atoms with Crippen molar-refractivity contribution in [3.63, 3.8) is 0 Å². The zero-order chi connectivity index (χ0) is 30.0. The van der Waals surface area contributed by atoms with Gasteiger partial charge in [0, 0.05) is 24.0 Å². The van der Waals surface area contributed by atoms with E-state index < -0.39 is 28.5 Å². The first-order chi connectivity index (χ1) is 19.5. The van der Waals surface area contributed by atoms with Crippen molar-refractivity contribution >= 4 is 43.5 Å². The second-order valence-corrected chi connectivity index (χ2v) is 13.0. The summed E-state index contributed by atoms with van der Waals surface area (Å²) in [5, 5.41) is 2.98. The molecule has 0 radical (unpaired) electrons. The summed E-state index contributed by atoms with van der Waals surface area (Å²) in [5.41, 5.74) is 1.94. The number of sulfonamides is 1. The molecule has 1 N–H and O–H groups in total. The normalized spacial score (nSPS) is 12.0. The predicted octanol–water partition coefficient (Wildman–Crippen LogP) is 5.03. The summed E-state index contributed by atoms with van der Waals surface area (Å²) in [5.74, 6) is -0.252. The van der Waals surface area contributed by atoms with Crippen LogP contribution in [0.1, 0.15) is 31.9 Å². The lowest BCUT2D eigenvalue weighted by Gasteiger charge is -2.34. The third kappa shape index (κ3) is 9.60. The highest BCUT2D eigenvalue weighted by Gasteiger charge is 2.33. The molecular weight excluding hydrogens is 606 g/mol. The van der Waals surface area contributed by atoms with E-state index in [0.717, 1.165) is 26.2 Å². The van der Waals surface area contributed by atoms with Crippen molar-refractivity contribution < 1.29 is 22.7 Å². The molecule has 0 fully saturated rings. The molecule has 10 heteroatoms. The van der Waals surface area contributed by atoms with Crippen LogP contribution in [-0.2, 0) is 32.6 Å². The summed E-state index contributed by atoms with van der Waals surface area (Å²) in [7, 11) is -3.90. The van der Waals surface area contributed by atoms with E-state index in [2.05, 4.69) is 21.2 Å². The van der Waals surface area contributed by atoms with Crippen LogP contribution in [0, 0.1) is 5.92 Å². The number of halogens is 1. The highest BCUT2D eigenvalue weighted by atomic mass is 79.9. The van der Waals surface area contributed by atoms with Crippen molar-refractivity contribution in [1.29, 1.82) is 0 Å². The van der Waals surface area contributed by atoms with Crippen LogP contribution in [0.25, 0.3) is 0 Å². The zero-order valence-corrected chi connectivity index (χ0v) is 26.3. The van der Waals surface area contributed by atoms with E-state index in [0.29, 0.717) is 18.9 Å². The van der Waals surface area contributed by atoms with Gasteiger partial charge in [0.15, 0.2) is 0 Å². The maximum absolute atomic E-state index is 14.2. The standard InChI is InChI=1S/C31H38BrN3O5S/c1-5-40-29-17-10-9-16-27(29)35(41(4,38)39)22-30(36)34(21-25-14-11-15-26(32)18-25)28(31(37)33-20-23(2)3)19-24-12-7-6-8-13-24/h6-18,23,28H,5,19-22H2,1-4H3,(H,33,37)/t28-/m1/s1. The minimum atomic E-state index is -3.90. The molecule has 0 spiro atoms. The van der Waals surface area contributed by atoms with Gasteiger partial charge in [0.05, 0.1) is 18.6 Å². The number of nitrogens with zero attached hydrogens (tertiary/aromatic N) is 2. The molecular formula is C31H38BrN3O5S. The highest BCUT2D eigenvalue weighted by molar-refractivity contribution is 9.10. The molecule has 3 rings (SSSR count). The van der Waals surface area contributed by atoms with Gasteiger partial charge >= 0.3 is 0 Å². The first-order valence-electron chi connectivity index (χ1n) is 13.5. The molecule has 0 aliphatic heterocycles. The Kier molecular flexibility index (Phi) is 11.8. The number of anilines is 1. The molecule has 220 valence electrons. The van der Waals surface area contributed by atoms with Gasteiger partial charge in [-0.2, -0.15) is 0 Å². The molecule has 0 unspecified atom stereocenters. The lowest BCUT2D eigenvalue weighted by atomic mass is 10.0. The molecule has 0 saturated heterocycles. The topological polar surface area (TPSA) is 96.0 Å². The molecule has 0 aliphatic rings. The number of carbonyl (C=O) groups excluding carboxylic acids is 2. The molecule has 41 heavy (non-hydrogen) atoms. The van der Waals surface area contributed by atoms with Crippen LogP contribution in [0.5, 0.6) is 5.75 Å². The van der Waals surface area contributed by atoms with Gasteiger partial charge in [0.25, 0.3) is 0 Å². The van der Waals surface area contributed by atoms with Gasteiger partial charge in [-0.05, 0) is 48.2 Å². The smallest absolute Gasteiger partial charge is 0.244 e. The fourth-order valence-corrected chi connectivity index (χ4v) is 5.64. The van der Waals surface area contributed by atoms with E-state index in [4.69, 9.17) is 4.74 Å². The number of para-hydroxylation sites is 2. The number of nitrogens with one attached hydrogen (secondary N) is 1. The Morgan fingerprint density at radius 2 is 1.61 bits per heavy atom. The van der Waals surface area contributed by atoms with Crippen LogP contribution in [0.2, 0.25) is 0 Å². The summed E-state index contributed by atoms with van der Waals surface area (Å²) >= 11 is 3.49. The van der Waals surface area contributed by atoms with Crippen LogP contribution >= 0.6 is 15.9 Å². The van der Waals surface area contributed by atoms with Gasteiger partial charge in [-0.1, -0.05) is 84.4 Å². The van der Waals surface area contributed by atoms with Crippen molar-refractivity contribution in [1.82, 2.24) is 10.2 Å². The Hall–Kier alpha value is -3.37. The average molecular weight is 645 g/mol. The summed E-state index contributed by atoms with van der Waals surface area (Å²) in [6, 6.07) is 22.8. The van der Waals surface area contributed by atoms with Crippen molar-refractivity contribution in [2.45, 2.75) is 39.8 Å².